The minimum Gasteiger partial charge on any atom is -0.508 e. The lowest BCUT2D eigenvalue weighted by atomic mass is 10.1. The summed E-state index contributed by atoms with van der Waals surface area (Å²) in [6.45, 7) is 1.91. The maximum absolute atomic E-state index is 9.65. The Bertz CT molecular complexity index is 698. The van der Waals surface area contributed by atoms with Crippen molar-refractivity contribution in [2.24, 2.45) is 0 Å². The molecular formula is C13H10O2S. The van der Waals surface area contributed by atoms with Gasteiger partial charge in [-0.15, -0.1) is 11.3 Å². The molecule has 80 valence electrons. The van der Waals surface area contributed by atoms with E-state index >= 15 is 0 Å². The van der Waals surface area contributed by atoms with Crippen molar-refractivity contribution < 1.29 is 10.2 Å². The van der Waals surface area contributed by atoms with Crippen molar-refractivity contribution in [3.05, 3.63) is 35.9 Å². The molecule has 2 N–H and O–H groups in total. The van der Waals surface area contributed by atoms with E-state index in [1.165, 1.54) is 0 Å². The number of fused-ring (bicyclic) bond motifs is 3. The molecular weight excluding hydrogens is 220 g/mol. The highest BCUT2D eigenvalue weighted by molar-refractivity contribution is 7.26. The number of thiophene rings is 1. The second-order valence-electron chi connectivity index (χ2n) is 3.87. The minimum atomic E-state index is 0.279. The first-order chi connectivity index (χ1) is 7.66. The van der Waals surface area contributed by atoms with E-state index in [1.54, 1.807) is 29.5 Å². The van der Waals surface area contributed by atoms with Gasteiger partial charge in [-0.05, 0) is 37.3 Å². The average molecular weight is 230 g/mol. The van der Waals surface area contributed by atoms with Gasteiger partial charge in [-0.1, -0.05) is 0 Å². The van der Waals surface area contributed by atoms with E-state index in [4.69, 9.17) is 0 Å². The van der Waals surface area contributed by atoms with Gasteiger partial charge in [-0.2, -0.15) is 0 Å². The average Bonchev–Trinajstić information content (AvgIpc) is 2.62. The SMILES string of the molecule is Cc1c(O)ccc2c1sc1cc(O)ccc12. The van der Waals surface area contributed by atoms with Gasteiger partial charge < -0.3 is 10.2 Å². The fourth-order valence-electron chi connectivity index (χ4n) is 1.95. The van der Waals surface area contributed by atoms with Crippen LogP contribution in [-0.2, 0) is 0 Å². The highest BCUT2D eigenvalue weighted by Gasteiger charge is 2.09. The van der Waals surface area contributed by atoms with Crippen LogP contribution in [-0.4, -0.2) is 10.2 Å². The molecule has 0 unspecified atom stereocenters. The molecule has 0 saturated carbocycles. The lowest BCUT2D eigenvalue weighted by molar-refractivity contribution is 0.472. The van der Waals surface area contributed by atoms with Crippen LogP contribution in [0.2, 0.25) is 0 Å². The van der Waals surface area contributed by atoms with Gasteiger partial charge in [-0.3, -0.25) is 0 Å². The summed E-state index contributed by atoms with van der Waals surface area (Å²) in [6.07, 6.45) is 0. The van der Waals surface area contributed by atoms with E-state index in [0.29, 0.717) is 5.75 Å². The lowest BCUT2D eigenvalue weighted by Crippen LogP contribution is -1.73. The Morgan fingerprint density at radius 1 is 1.00 bits per heavy atom. The second kappa shape index (κ2) is 3.12. The van der Waals surface area contributed by atoms with Crippen molar-refractivity contribution in [2.45, 2.75) is 6.92 Å². The fraction of sp³-hybridized carbons (Fsp3) is 0.0769. The quantitative estimate of drug-likeness (QED) is 0.617. The molecule has 1 heterocycles. The van der Waals surface area contributed by atoms with E-state index in [0.717, 1.165) is 25.7 Å². The van der Waals surface area contributed by atoms with E-state index in [9.17, 15) is 10.2 Å². The van der Waals surface area contributed by atoms with Gasteiger partial charge in [0.15, 0.2) is 0 Å². The molecule has 0 aliphatic heterocycles. The topological polar surface area (TPSA) is 40.5 Å². The Kier molecular flexibility index (Phi) is 1.85. The van der Waals surface area contributed by atoms with Gasteiger partial charge >= 0.3 is 0 Å². The Hall–Kier alpha value is -1.74. The van der Waals surface area contributed by atoms with Crippen LogP contribution in [0.5, 0.6) is 11.5 Å². The predicted molar refractivity (Wildman–Crippen MR) is 67.4 cm³/mol. The van der Waals surface area contributed by atoms with Crippen molar-refractivity contribution in [1.29, 1.82) is 0 Å². The highest BCUT2D eigenvalue weighted by Crippen LogP contribution is 2.39. The number of aromatic hydroxyl groups is 2. The molecule has 2 aromatic carbocycles. The first-order valence-electron chi connectivity index (χ1n) is 5.00. The van der Waals surface area contributed by atoms with Gasteiger partial charge in [0.25, 0.3) is 0 Å². The Morgan fingerprint density at radius 2 is 1.75 bits per heavy atom. The van der Waals surface area contributed by atoms with Crippen molar-refractivity contribution in [3.63, 3.8) is 0 Å². The van der Waals surface area contributed by atoms with Crippen molar-refractivity contribution in [2.75, 3.05) is 0 Å². The van der Waals surface area contributed by atoms with E-state index in [2.05, 4.69) is 0 Å². The molecule has 3 rings (SSSR count). The maximum Gasteiger partial charge on any atom is 0.119 e. The zero-order chi connectivity index (χ0) is 11.3. The summed E-state index contributed by atoms with van der Waals surface area (Å²) >= 11 is 1.60. The summed E-state index contributed by atoms with van der Waals surface area (Å²) in [5, 5.41) is 21.4. The van der Waals surface area contributed by atoms with Crippen LogP contribution < -0.4 is 0 Å². The molecule has 0 spiro atoms. The third kappa shape index (κ3) is 1.18. The number of aryl methyl sites for hydroxylation is 1. The first kappa shape index (κ1) is 9.48. The van der Waals surface area contributed by atoms with E-state index < -0.39 is 0 Å². The standard InChI is InChI=1S/C13H10O2S/c1-7-11(15)5-4-10-9-3-2-8(14)6-12(9)16-13(7)10/h2-6,14-15H,1H3. The number of hydrogen-bond donors (Lipinski definition) is 2. The monoisotopic (exact) mass is 230 g/mol. The summed E-state index contributed by atoms with van der Waals surface area (Å²) in [6, 6.07) is 9.01. The Labute approximate surface area is 96.4 Å². The van der Waals surface area contributed by atoms with Crippen LogP contribution in [0.15, 0.2) is 30.3 Å². The predicted octanol–water partition coefficient (Wildman–Crippen LogP) is 3.77. The minimum absolute atomic E-state index is 0.279. The van der Waals surface area contributed by atoms with Crippen molar-refractivity contribution in [3.8, 4) is 11.5 Å². The smallest absolute Gasteiger partial charge is 0.119 e. The molecule has 16 heavy (non-hydrogen) atoms. The summed E-state index contributed by atoms with van der Waals surface area (Å²) in [5.74, 6) is 0.601. The van der Waals surface area contributed by atoms with Gasteiger partial charge in [-0.25, -0.2) is 0 Å². The second-order valence-corrected chi connectivity index (χ2v) is 4.92. The number of phenolic OH excluding ortho intramolecular Hbond substituents is 2. The molecule has 0 aliphatic rings. The molecule has 0 bridgehead atoms. The molecule has 1 aromatic heterocycles. The van der Waals surface area contributed by atoms with E-state index in [1.807, 2.05) is 19.1 Å². The molecule has 0 fully saturated rings. The van der Waals surface area contributed by atoms with Gasteiger partial charge in [0, 0.05) is 25.7 Å². The third-order valence-corrected chi connectivity index (χ3v) is 4.13. The molecule has 3 aromatic rings. The fourth-order valence-corrected chi connectivity index (χ4v) is 3.19. The molecule has 0 atom stereocenters. The van der Waals surface area contributed by atoms with Crippen LogP contribution in [0.1, 0.15) is 5.56 Å². The summed E-state index contributed by atoms with van der Waals surface area (Å²) < 4.78 is 2.13. The molecule has 0 amide bonds. The number of rotatable bonds is 0. The lowest BCUT2D eigenvalue weighted by Gasteiger charge is -1.98. The van der Waals surface area contributed by atoms with Gasteiger partial charge in [0.2, 0.25) is 0 Å². The number of hydrogen-bond acceptors (Lipinski definition) is 3. The third-order valence-electron chi connectivity index (χ3n) is 2.84. The molecule has 0 aliphatic carbocycles. The van der Waals surface area contributed by atoms with Crippen LogP contribution >= 0.6 is 11.3 Å². The zero-order valence-electron chi connectivity index (χ0n) is 8.69. The number of benzene rings is 2. The van der Waals surface area contributed by atoms with Gasteiger partial charge in [0.1, 0.15) is 11.5 Å². The Balaban J connectivity index is 2.55. The van der Waals surface area contributed by atoms with Crippen LogP contribution in [0.3, 0.4) is 0 Å². The number of phenols is 2. The summed E-state index contributed by atoms with van der Waals surface area (Å²) in [5.41, 5.74) is 0.901. The molecule has 0 radical (unpaired) electrons. The highest BCUT2D eigenvalue weighted by atomic mass is 32.1. The van der Waals surface area contributed by atoms with Crippen LogP contribution in [0, 0.1) is 6.92 Å². The van der Waals surface area contributed by atoms with Crippen LogP contribution in [0.4, 0.5) is 0 Å². The first-order valence-corrected chi connectivity index (χ1v) is 5.82. The van der Waals surface area contributed by atoms with Crippen molar-refractivity contribution >= 4 is 31.5 Å². The largest absolute Gasteiger partial charge is 0.508 e. The molecule has 2 nitrogen and oxygen atoms in total. The van der Waals surface area contributed by atoms with Crippen molar-refractivity contribution in [1.82, 2.24) is 0 Å². The maximum atomic E-state index is 9.65. The zero-order valence-corrected chi connectivity index (χ0v) is 9.51. The van der Waals surface area contributed by atoms with E-state index in [-0.39, 0.29) is 5.75 Å². The normalized spacial score (nSPS) is 11.3. The van der Waals surface area contributed by atoms with Gasteiger partial charge in [0.05, 0.1) is 0 Å². The summed E-state index contributed by atoms with van der Waals surface area (Å²) in [7, 11) is 0. The Morgan fingerprint density at radius 3 is 2.56 bits per heavy atom. The molecule has 3 heteroatoms. The summed E-state index contributed by atoms with van der Waals surface area (Å²) in [4.78, 5) is 0. The van der Waals surface area contributed by atoms with Crippen LogP contribution in [0.25, 0.3) is 20.2 Å². The molecule has 0 saturated heterocycles.